The minimum absolute atomic E-state index is 0.112. The van der Waals surface area contributed by atoms with Crippen molar-refractivity contribution >= 4 is 46.4 Å². The molecule has 2 N–H and O–H groups in total. The lowest BCUT2D eigenvalue weighted by Gasteiger charge is -2.07. The molecule has 0 aliphatic rings. The van der Waals surface area contributed by atoms with Gasteiger partial charge in [0, 0.05) is 21.2 Å². The maximum Gasteiger partial charge on any atom is 0.271 e. The Kier molecular flexibility index (Phi) is 5.29. The number of rotatable bonds is 3. The van der Waals surface area contributed by atoms with Crippen LogP contribution in [0.1, 0.15) is 22.8 Å². The highest BCUT2D eigenvalue weighted by molar-refractivity contribution is 6.36. The summed E-state index contributed by atoms with van der Waals surface area (Å²) in [5.41, 5.74) is 3.51. The number of carbonyl (C=O) groups is 1. The molecule has 0 aliphatic heterocycles. The first kappa shape index (κ1) is 16.6. The number of carbonyl (C=O) groups excluding carboxylic acids is 1. The molecule has 0 spiro atoms. The summed E-state index contributed by atoms with van der Waals surface area (Å²) in [5.74, 6) is -0.545. The van der Waals surface area contributed by atoms with Crippen molar-refractivity contribution in [1.82, 2.24) is 5.43 Å². The molecule has 0 saturated carbocycles. The zero-order valence-corrected chi connectivity index (χ0v) is 13.7. The van der Waals surface area contributed by atoms with Crippen LogP contribution in [0.5, 0.6) is 5.75 Å². The van der Waals surface area contributed by atoms with E-state index < -0.39 is 5.91 Å². The van der Waals surface area contributed by atoms with Gasteiger partial charge in [-0.2, -0.15) is 5.10 Å². The van der Waals surface area contributed by atoms with E-state index in [0.717, 1.165) is 0 Å². The van der Waals surface area contributed by atoms with Crippen molar-refractivity contribution < 1.29 is 9.90 Å². The first-order valence-electron chi connectivity index (χ1n) is 6.17. The Morgan fingerprint density at radius 2 is 1.73 bits per heavy atom. The summed E-state index contributed by atoms with van der Waals surface area (Å²) in [6, 6.07) is 9.30. The Morgan fingerprint density at radius 1 is 1.09 bits per heavy atom. The van der Waals surface area contributed by atoms with E-state index in [-0.39, 0.29) is 10.8 Å². The molecule has 0 aromatic heterocycles. The second-order valence-electron chi connectivity index (χ2n) is 4.43. The van der Waals surface area contributed by atoms with Crippen LogP contribution in [0.15, 0.2) is 41.5 Å². The van der Waals surface area contributed by atoms with Gasteiger partial charge in [-0.3, -0.25) is 4.79 Å². The van der Waals surface area contributed by atoms with Gasteiger partial charge in [0.1, 0.15) is 5.75 Å². The Bertz CT molecular complexity index is 743. The van der Waals surface area contributed by atoms with Gasteiger partial charge in [-0.1, -0.05) is 34.8 Å². The first-order valence-corrected chi connectivity index (χ1v) is 7.30. The fraction of sp³-hybridized carbons (Fsp3) is 0.0667. The topological polar surface area (TPSA) is 61.7 Å². The predicted octanol–water partition coefficient (Wildman–Crippen LogP) is 4.51. The maximum absolute atomic E-state index is 11.9. The number of hydrazone groups is 1. The van der Waals surface area contributed by atoms with Crippen LogP contribution in [-0.2, 0) is 0 Å². The number of nitrogens with zero attached hydrogens (tertiary/aromatic N) is 1. The van der Waals surface area contributed by atoms with E-state index in [9.17, 15) is 9.90 Å². The highest BCUT2D eigenvalue weighted by Crippen LogP contribution is 2.31. The van der Waals surface area contributed by atoms with Crippen LogP contribution in [0.25, 0.3) is 0 Å². The van der Waals surface area contributed by atoms with Crippen LogP contribution in [-0.4, -0.2) is 16.7 Å². The summed E-state index contributed by atoms with van der Waals surface area (Å²) in [6.07, 6.45) is 0. The van der Waals surface area contributed by atoms with Gasteiger partial charge in [0.05, 0.1) is 10.7 Å². The highest BCUT2D eigenvalue weighted by Gasteiger charge is 2.11. The van der Waals surface area contributed by atoms with Crippen molar-refractivity contribution in [2.45, 2.75) is 6.92 Å². The number of phenolic OH excluding ortho intramolecular Hbond substituents is 1. The Labute approximate surface area is 142 Å². The Balaban J connectivity index is 2.19. The molecular formula is C15H11Cl3N2O2. The lowest BCUT2D eigenvalue weighted by atomic mass is 10.1. The molecule has 0 heterocycles. The molecule has 0 unspecified atom stereocenters. The van der Waals surface area contributed by atoms with Gasteiger partial charge in [0.2, 0.25) is 0 Å². The standard InChI is InChI=1S/C15H11Cl3N2O2/c1-8(12-6-11(17)7-13(18)14(12)21)19-20-15(22)9-2-4-10(16)5-3-9/h2-7,21H,1H3,(H,20,22). The molecule has 0 atom stereocenters. The highest BCUT2D eigenvalue weighted by atomic mass is 35.5. The van der Waals surface area contributed by atoms with Gasteiger partial charge in [-0.25, -0.2) is 5.43 Å². The van der Waals surface area contributed by atoms with Crippen molar-refractivity contribution in [2.75, 3.05) is 0 Å². The number of nitrogens with one attached hydrogen (secondary N) is 1. The van der Waals surface area contributed by atoms with E-state index in [0.29, 0.717) is 26.9 Å². The number of amides is 1. The normalized spacial score (nSPS) is 11.4. The van der Waals surface area contributed by atoms with Crippen molar-refractivity contribution in [1.29, 1.82) is 0 Å². The van der Waals surface area contributed by atoms with Crippen molar-refractivity contribution in [3.8, 4) is 5.75 Å². The maximum atomic E-state index is 11.9. The van der Waals surface area contributed by atoms with Gasteiger partial charge < -0.3 is 5.11 Å². The number of hydrogen-bond donors (Lipinski definition) is 2. The van der Waals surface area contributed by atoms with E-state index in [1.54, 1.807) is 31.2 Å². The number of halogens is 3. The predicted molar refractivity (Wildman–Crippen MR) is 89.3 cm³/mol. The third-order valence-electron chi connectivity index (χ3n) is 2.85. The zero-order valence-electron chi connectivity index (χ0n) is 11.4. The van der Waals surface area contributed by atoms with Crippen LogP contribution < -0.4 is 5.43 Å². The molecule has 0 saturated heterocycles. The molecule has 2 aromatic carbocycles. The van der Waals surface area contributed by atoms with Gasteiger partial charge in [0.25, 0.3) is 5.91 Å². The smallest absolute Gasteiger partial charge is 0.271 e. The quantitative estimate of drug-likeness (QED) is 0.627. The summed E-state index contributed by atoms with van der Waals surface area (Å²) in [5, 5.41) is 14.9. The van der Waals surface area contributed by atoms with Crippen LogP contribution >= 0.6 is 34.8 Å². The number of hydrogen-bond acceptors (Lipinski definition) is 3. The number of phenols is 1. The molecular weight excluding hydrogens is 347 g/mol. The minimum atomic E-state index is -0.399. The van der Waals surface area contributed by atoms with E-state index in [4.69, 9.17) is 34.8 Å². The fourth-order valence-corrected chi connectivity index (χ4v) is 2.32. The SMILES string of the molecule is CC(=NNC(=O)c1ccc(Cl)cc1)c1cc(Cl)cc(Cl)c1O. The molecule has 0 bridgehead atoms. The van der Waals surface area contributed by atoms with E-state index >= 15 is 0 Å². The van der Waals surface area contributed by atoms with Crippen LogP contribution in [0.2, 0.25) is 15.1 Å². The summed E-state index contributed by atoms with van der Waals surface area (Å²) in [6.45, 7) is 1.61. The molecule has 22 heavy (non-hydrogen) atoms. The molecule has 0 radical (unpaired) electrons. The van der Waals surface area contributed by atoms with E-state index in [1.165, 1.54) is 12.1 Å². The van der Waals surface area contributed by atoms with Crippen molar-refractivity contribution in [3.05, 3.63) is 62.6 Å². The van der Waals surface area contributed by atoms with Crippen LogP contribution in [0, 0.1) is 0 Å². The molecule has 7 heteroatoms. The number of benzene rings is 2. The van der Waals surface area contributed by atoms with Gasteiger partial charge >= 0.3 is 0 Å². The van der Waals surface area contributed by atoms with Crippen molar-refractivity contribution in [3.63, 3.8) is 0 Å². The molecule has 1 amide bonds. The summed E-state index contributed by atoms with van der Waals surface area (Å²) in [4.78, 5) is 11.9. The molecule has 2 rings (SSSR count). The van der Waals surface area contributed by atoms with Gasteiger partial charge in [-0.15, -0.1) is 0 Å². The van der Waals surface area contributed by atoms with Gasteiger partial charge in [-0.05, 0) is 43.3 Å². The third kappa shape index (κ3) is 3.91. The fourth-order valence-electron chi connectivity index (χ4n) is 1.70. The van der Waals surface area contributed by atoms with Crippen molar-refractivity contribution in [2.24, 2.45) is 5.10 Å². The summed E-state index contributed by atoms with van der Waals surface area (Å²) >= 11 is 17.5. The molecule has 114 valence electrons. The average molecular weight is 358 g/mol. The second-order valence-corrected chi connectivity index (χ2v) is 5.71. The van der Waals surface area contributed by atoms with E-state index in [1.807, 2.05) is 0 Å². The van der Waals surface area contributed by atoms with E-state index in [2.05, 4.69) is 10.5 Å². The second kappa shape index (κ2) is 7.01. The summed E-state index contributed by atoms with van der Waals surface area (Å²) < 4.78 is 0. The van der Waals surface area contributed by atoms with Gasteiger partial charge in [0.15, 0.2) is 0 Å². The average Bonchev–Trinajstić information content (AvgIpc) is 2.48. The Hall–Kier alpha value is -1.75. The molecule has 0 aliphatic carbocycles. The zero-order chi connectivity index (χ0) is 16.3. The third-order valence-corrected chi connectivity index (χ3v) is 3.61. The molecule has 4 nitrogen and oxygen atoms in total. The molecule has 2 aromatic rings. The summed E-state index contributed by atoms with van der Waals surface area (Å²) in [7, 11) is 0. The first-order chi connectivity index (χ1) is 10.4. The minimum Gasteiger partial charge on any atom is -0.506 e. The lowest BCUT2D eigenvalue weighted by Crippen LogP contribution is -2.19. The Morgan fingerprint density at radius 3 is 2.36 bits per heavy atom. The lowest BCUT2D eigenvalue weighted by molar-refractivity contribution is 0.0955. The largest absolute Gasteiger partial charge is 0.506 e. The number of aromatic hydroxyl groups is 1. The molecule has 0 fully saturated rings. The van der Waals surface area contributed by atoms with Crippen LogP contribution in [0.3, 0.4) is 0 Å². The van der Waals surface area contributed by atoms with Crippen LogP contribution in [0.4, 0.5) is 0 Å². The monoisotopic (exact) mass is 356 g/mol.